The van der Waals surface area contributed by atoms with E-state index < -0.39 is 0 Å². The van der Waals surface area contributed by atoms with Crippen molar-refractivity contribution < 1.29 is 4.79 Å². The van der Waals surface area contributed by atoms with Crippen LogP contribution in [0.25, 0.3) is 10.9 Å². The fourth-order valence-electron chi connectivity index (χ4n) is 3.13. The van der Waals surface area contributed by atoms with Gasteiger partial charge in [-0.05, 0) is 37.9 Å². The molecule has 3 aromatic rings. The van der Waals surface area contributed by atoms with E-state index in [-0.39, 0.29) is 12.5 Å². The molecule has 132 valence electrons. The Balaban J connectivity index is 1.64. The SMILES string of the molecule is Cc1c(CNCCCc2csc(N)n2)c2ccccc2n1CC(N)=O. The van der Waals surface area contributed by atoms with Crippen molar-refractivity contribution in [2.45, 2.75) is 32.9 Å². The number of para-hydroxylation sites is 1. The zero-order valence-electron chi connectivity index (χ0n) is 14.3. The molecule has 3 rings (SSSR count). The molecule has 0 aliphatic carbocycles. The summed E-state index contributed by atoms with van der Waals surface area (Å²) in [6, 6.07) is 8.12. The van der Waals surface area contributed by atoms with E-state index >= 15 is 0 Å². The predicted octanol–water partition coefficient (Wildman–Crippen LogP) is 2.20. The number of fused-ring (bicyclic) bond motifs is 1. The summed E-state index contributed by atoms with van der Waals surface area (Å²) in [5, 5.41) is 7.30. The third-order valence-electron chi connectivity index (χ3n) is 4.33. The van der Waals surface area contributed by atoms with Crippen LogP contribution >= 0.6 is 11.3 Å². The van der Waals surface area contributed by atoms with Gasteiger partial charge in [-0.2, -0.15) is 0 Å². The lowest BCUT2D eigenvalue weighted by Crippen LogP contribution is -2.20. The molecular formula is C18H23N5OS. The van der Waals surface area contributed by atoms with Gasteiger partial charge >= 0.3 is 0 Å². The van der Waals surface area contributed by atoms with E-state index in [1.54, 1.807) is 0 Å². The molecule has 5 N–H and O–H groups in total. The van der Waals surface area contributed by atoms with Gasteiger partial charge in [0.1, 0.15) is 6.54 Å². The van der Waals surface area contributed by atoms with Crippen molar-refractivity contribution in [1.29, 1.82) is 0 Å². The van der Waals surface area contributed by atoms with Gasteiger partial charge in [0, 0.05) is 28.5 Å². The monoisotopic (exact) mass is 357 g/mol. The van der Waals surface area contributed by atoms with Crippen LogP contribution in [0.5, 0.6) is 0 Å². The summed E-state index contributed by atoms with van der Waals surface area (Å²) in [6.07, 6.45) is 1.92. The first-order valence-electron chi connectivity index (χ1n) is 8.32. The van der Waals surface area contributed by atoms with Crippen molar-refractivity contribution in [3.05, 3.63) is 46.6 Å². The Morgan fingerprint density at radius 1 is 1.36 bits per heavy atom. The number of nitrogens with two attached hydrogens (primary N) is 2. The number of nitrogen functional groups attached to an aromatic ring is 1. The summed E-state index contributed by atoms with van der Waals surface area (Å²) in [5.41, 5.74) is 15.5. The summed E-state index contributed by atoms with van der Waals surface area (Å²) < 4.78 is 1.99. The Hall–Kier alpha value is -2.38. The number of benzene rings is 1. The molecule has 0 bridgehead atoms. The van der Waals surface area contributed by atoms with Crippen LogP contribution in [-0.4, -0.2) is 22.0 Å². The second-order valence-corrected chi connectivity index (χ2v) is 6.98. The molecule has 0 atom stereocenters. The maximum Gasteiger partial charge on any atom is 0.237 e. The van der Waals surface area contributed by atoms with Gasteiger partial charge in [-0.15, -0.1) is 11.3 Å². The maximum atomic E-state index is 11.4. The number of amides is 1. The van der Waals surface area contributed by atoms with Crippen molar-refractivity contribution in [2.75, 3.05) is 12.3 Å². The molecule has 25 heavy (non-hydrogen) atoms. The first-order chi connectivity index (χ1) is 12.1. The lowest BCUT2D eigenvalue weighted by molar-refractivity contribution is -0.118. The Labute approximate surface area is 150 Å². The van der Waals surface area contributed by atoms with E-state index in [0.29, 0.717) is 5.13 Å². The van der Waals surface area contributed by atoms with E-state index in [1.807, 2.05) is 35.1 Å². The highest BCUT2D eigenvalue weighted by atomic mass is 32.1. The van der Waals surface area contributed by atoms with E-state index in [1.165, 1.54) is 22.3 Å². The van der Waals surface area contributed by atoms with Crippen molar-refractivity contribution in [3.63, 3.8) is 0 Å². The zero-order chi connectivity index (χ0) is 17.8. The van der Waals surface area contributed by atoms with Gasteiger partial charge in [-0.3, -0.25) is 4.79 Å². The van der Waals surface area contributed by atoms with E-state index in [0.717, 1.165) is 42.8 Å². The van der Waals surface area contributed by atoms with Crippen LogP contribution in [-0.2, 0) is 24.3 Å². The zero-order valence-corrected chi connectivity index (χ0v) is 15.1. The maximum absolute atomic E-state index is 11.4. The van der Waals surface area contributed by atoms with E-state index in [2.05, 4.69) is 16.4 Å². The molecule has 0 unspecified atom stereocenters. The Morgan fingerprint density at radius 2 is 2.16 bits per heavy atom. The summed E-state index contributed by atoms with van der Waals surface area (Å²) in [4.78, 5) is 15.7. The molecule has 0 saturated carbocycles. The molecule has 0 aliphatic rings. The highest BCUT2D eigenvalue weighted by Gasteiger charge is 2.14. The third kappa shape index (κ3) is 4.00. The molecule has 0 saturated heterocycles. The molecule has 6 nitrogen and oxygen atoms in total. The molecule has 1 amide bonds. The predicted molar refractivity (Wildman–Crippen MR) is 102 cm³/mol. The number of anilines is 1. The van der Waals surface area contributed by atoms with Gasteiger partial charge in [0.25, 0.3) is 0 Å². The number of carbonyl (C=O) groups is 1. The van der Waals surface area contributed by atoms with Crippen molar-refractivity contribution in [3.8, 4) is 0 Å². The first-order valence-corrected chi connectivity index (χ1v) is 9.20. The van der Waals surface area contributed by atoms with E-state index in [9.17, 15) is 4.79 Å². The molecule has 7 heteroatoms. The van der Waals surface area contributed by atoms with Crippen LogP contribution in [0.15, 0.2) is 29.6 Å². The number of aromatic nitrogens is 2. The van der Waals surface area contributed by atoms with Crippen LogP contribution in [0.3, 0.4) is 0 Å². The lowest BCUT2D eigenvalue weighted by Gasteiger charge is -2.07. The number of hydrogen-bond donors (Lipinski definition) is 3. The first kappa shape index (κ1) is 17.4. The van der Waals surface area contributed by atoms with Crippen LogP contribution in [0.1, 0.15) is 23.4 Å². The summed E-state index contributed by atoms with van der Waals surface area (Å²) in [5.74, 6) is -0.328. The van der Waals surface area contributed by atoms with Gasteiger partial charge in [-0.1, -0.05) is 18.2 Å². The quantitative estimate of drug-likeness (QED) is 0.538. The van der Waals surface area contributed by atoms with Gasteiger partial charge in [0.05, 0.1) is 5.69 Å². The number of nitrogens with one attached hydrogen (secondary N) is 1. The Kier molecular flexibility index (Phi) is 5.35. The van der Waals surface area contributed by atoms with Crippen molar-refractivity contribution >= 4 is 33.3 Å². The smallest absolute Gasteiger partial charge is 0.237 e. The average molecular weight is 357 g/mol. The molecule has 2 aromatic heterocycles. The highest BCUT2D eigenvalue weighted by molar-refractivity contribution is 7.13. The molecule has 0 radical (unpaired) electrons. The number of hydrogen-bond acceptors (Lipinski definition) is 5. The highest BCUT2D eigenvalue weighted by Crippen LogP contribution is 2.25. The molecule has 0 spiro atoms. The summed E-state index contributed by atoms with van der Waals surface area (Å²) in [7, 11) is 0. The van der Waals surface area contributed by atoms with Crippen molar-refractivity contribution in [2.24, 2.45) is 5.73 Å². The number of primary amides is 1. The molecule has 0 fully saturated rings. The lowest BCUT2D eigenvalue weighted by atomic mass is 10.1. The van der Waals surface area contributed by atoms with Crippen LogP contribution in [0, 0.1) is 6.92 Å². The van der Waals surface area contributed by atoms with Crippen molar-refractivity contribution in [1.82, 2.24) is 14.9 Å². The number of nitrogens with zero attached hydrogens (tertiary/aromatic N) is 2. The number of carbonyl (C=O) groups excluding carboxylic acids is 1. The third-order valence-corrected chi connectivity index (χ3v) is 5.06. The fourth-order valence-corrected chi connectivity index (χ4v) is 3.73. The normalized spacial score (nSPS) is 11.2. The standard InChI is InChI=1S/C18H23N5OS/c1-12-15(9-21-8-4-5-13-11-25-18(20)22-13)14-6-2-3-7-16(14)23(12)10-17(19)24/h2-3,6-7,11,21H,4-5,8-10H2,1H3,(H2,19,24)(H2,20,22). The molecule has 2 heterocycles. The summed E-state index contributed by atoms with van der Waals surface area (Å²) >= 11 is 1.48. The van der Waals surface area contributed by atoms with Gasteiger partial charge < -0.3 is 21.4 Å². The topological polar surface area (TPSA) is 99.0 Å². The number of thiazole rings is 1. The largest absolute Gasteiger partial charge is 0.375 e. The van der Waals surface area contributed by atoms with Crippen LogP contribution in [0.4, 0.5) is 5.13 Å². The Morgan fingerprint density at radius 3 is 2.88 bits per heavy atom. The number of aryl methyl sites for hydroxylation is 1. The van der Waals surface area contributed by atoms with Crippen LogP contribution in [0.2, 0.25) is 0 Å². The summed E-state index contributed by atoms with van der Waals surface area (Å²) in [6.45, 7) is 3.90. The molecule has 0 aliphatic heterocycles. The average Bonchev–Trinajstić information content (AvgIpc) is 3.10. The van der Waals surface area contributed by atoms with Gasteiger partial charge in [0.2, 0.25) is 5.91 Å². The minimum Gasteiger partial charge on any atom is -0.375 e. The second-order valence-electron chi connectivity index (χ2n) is 6.09. The van der Waals surface area contributed by atoms with Crippen LogP contribution < -0.4 is 16.8 Å². The molecule has 1 aromatic carbocycles. The fraction of sp³-hybridized carbons (Fsp3) is 0.333. The minimum atomic E-state index is -0.328. The second kappa shape index (κ2) is 7.67. The number of rotatable bonds is 8. The minimum absolute atomic E-state index is 0.206. The van der Waals surface area contributed by atoms with Gasteiger partial charge in [0.15, 0.2) is 5.13 Å². The molecular weight excluding hydrogens is 334 g/mol. The van der Waals surface area contributed by atoms with Gasteiger partial charge in [-0.25, -0.2) is 4.98 Å². The Bertz CT molecular complexity index is 883. The van der Waals surface area contributed by atoms with E-state index in [4.69, 9.17) is 11.5 Å².